The fourth-order valence-corrected chi connectivity index (χ4v) is 3.50. The molecule has 7 heteroatoms. The molecule has 7 nitrogen and oxygen atoms in total. The first-order chi connectivity index (χ1) is 13.0. The maximum Gasteiger partial charge on any atom is 0.317 e. The second-order valence-electron chi connectivity index (χ2n) is 6.87. The van der Waals surface area contributed by atoms with Crippen LogP contribution in [0.25, 0.3) is 10.9 Å². The fraction of sp³-hybridized carbons (Fsp3) is 0.450. The number of hydrogen-bond acceptors (Lipinski definition) is 4. The Morgan fingerprint density at radius 1 is 1.41 bits per heavy atom. The Bertz CT molecular complexity index is 839. The Labute approximate surface area is 159 Å². The minimum absolute atomic E-state index is 0.148. The Morgan fingerprint density at radius 3 is 2.93 bits per heavy atom. The first kappa shape index (κ1) is 18.9. The summed E-state index contributed by atoms with van der Waals surface area (Å²) in [6.45, 7) is 4.38. The second-order valence-corrected chi connectivity index (χ2v) is 6.87. The highest BCUT2D eigenvalue weighted by molar-refractivity contribution is 5.87. The zero-order chi connectivity index (χ0) is 19.4. The number of methoxy groups -OCH3 is 1. The predicted molar refractivity (Wildman–Crippen MR) is 104 cm³/mol. The molecule has 3 rings (SSSR count). The van der Waals surface area contributed by atoms with Crippen molar-refractivity contribution in [1.29, 1.82) is 0 Å². The summed E-state index contributed by atoms with van der Waals surface area (Å²) >= 11 is 0. The summed E-state index contributed by atoms with van der Waals surface area (Å²) in [4.78, 5) is 32.1. The lowest BCUT2D eigenvalue weighted by Gasteiger charge is -2.21. The van der Waals surface area contributed by atoms with E-state index in [1.165, 1.54) is 0 Å². The van der Waals surface area contributed by atoms with Crippen molar-refractivity contribution in [2.24, 2.45) is 5.92 Å². The zero-order valence-electron chi connectivity index (χ0n) is 16.1. The van der Waals surface area contributed by atoms with Gasteiger partial charge in [0.2, 0.25) is 5.91 Å². The van der Waals surface area contributed by atoms with Gasteiger partial charge in [0.25, 0.3) is 0 Å². The summed E-state index contributed by atoms with van der Waals surface area (Å²) in [6, 6.07) is 7.55. The molecular formula is C20H26N4O3. The number of aromatic nitrogens is 1. The number of carbonyl (C=O) groups is 2. The summed E-state index contributed by atoms with van der Waals surface area (Å²) in [7, 11) is 3.38. The van der Waals surface area contributed by atoms with E-state index >= 15 is 0 Å². The fourth-order valence-electron chi connectivity index (χ4n) is 3.50. The maximum absolute atomic E-state index is 12.5. The van der Waals surface area contributed by atoms with E-state index in [0.717, 1.165) is 23.0 Å². The van der Waals surface area contributed by atoms with Gasteiger partial charge in [-0.1, -0.05) is 12.1 Å². The average molecular weight is 370 g/mol. The molecule has 0 bridgehead atoms. The van der Waals surface area contributed by atoms with Crippen LogP contribution in [0.3, 0.4) is 0 Å². The smallest absolute Gasteiger partial charge is 0.317 e. The number of benzene rings is 1. The molecular weight excluding hydrogens is 344 g/mol. The van der Waals surface area contributed by atoms with Gasteiger partial charge in [0.1, 0.15) is 11.3 Å². The highest BCUT2D eigenvalue weighted by Crippen LogP contribution is 2.27. The van der Waals surface area contributed by atoms with Gasteiger partial charge in [-0.3, -0.25) is 9.78 Å². The molecule has 0 saturated carbocycles. The number of pyridine rings is 1. The molecule has 144 valence electrons. The summed E-state index contributed by atoms with van der Waals surface area (Å²) in [5, 5.41) is 3.92. The van der Waals surface area contributed by atoms with E-state index in [1.54, 1.807) is 25.3 Å². The van der Waals surface area contributed by atoms with Crippen LogP contribution in [-0.2, 0) is 11.3 Å². The van der Waals surface area contributed by atoms with Crippen molar-refractivity contribution < 1.29 is 14.3 Å². The van der Waals surface area contributed by atoms with Crippen LogP contribution in [-0.4, -0.2) is 60.5 Å². The molecule has 3 amide bonds. The average Bonchev–Trinajstić information content (AvgIpc) is 3.06. The van der Waals surface area contributed by atoms with Crippen molar-refractivity contribution in [3.05, 3.63) is 36.0 Å². The number of rotatable bonds is 6. The standard InChI is InChI=1S/C20H26N4O3/c1-4-24-12-14(10-18(24)25)11-22-20(26)23(2)13-15-7-8-17(27-3)19-16(15)6-5-9-21-19/h5-9,14H,4,10-13H2,1-3H3,(H,22,26). The number of hydrogen-bond donors (Lipinski definition) is 1. The van der Waals surface area contributed by atoms with E-state index in [0.29, 0.717) is 31.8 Å². The van der Waals surface area contributed by atoms with E-state index in [2.05, 4.69) is 10.3 Å². The molecule has 0 spiro atoms. The second kappa shape index (κ2) is 8.24. The normalized spacial score (nSPS) is 16.6. The molecule has 1 N–H and O–H groups in total. The monoisotopic (exact) mass is 370 g/mol. The van der Waals surface area contributed by atoms with Gasteiger partial charge in [0.05, 0.1) is 7.11 Å². The van der Waals surface area contributed by atoms with Crippen LogP contribution < -0.4 is 10.1 Å². The highest BCUT2D eigenvalue weighted by Gasteiger charge is 2.28. The number of nitrogens with zero attached hydrogens (tertiary/aromatic N) is 3. The molecule has 1 atom stereocenters. The minimum atomic E-state index is -0.148. The SMILES string of the molecule is CCN1CC(CNC(=O)N(C)Cc2ccc(OC)c3ncccc23)CC1=O. The van der Waals surface area contributed by atoms with Gasteiger partial charge in [0.15, 0.2) is 0 Å². The molecule has 0 aliphatic carbocycles. The van der Waals surface area contributed by atoms with Crippen LogP contribution in [0.4, 0.5) is 4.79 Å². The van der Waals surface area contributed by atoms with E-state index in [4.69, 9.17) is 4.74 Å². The van der Waals surface area contributed by atoms with Crippen molar-refractivity contribution in [2.45, 2.75) is 19.9 Å². The summed E-state index contributed by atoms with van der Waals surface area (Å²) in [5.41, 5.74) is 1.79. The van der Waals surface area contributed by atoms with E-state index in [9.17, 15) is 9.59 Å². The topological polar surface area (TPSA) is 74.8 Å². The number of amides is 3. The minimum Gasteiger partial charge on any atom is -0.494 e. The van der Waals surface area contributed by atoms with Crippen LogP contribution in [0.15, 0.2) is 30.5 Å². The first-order valence-electron chi connectivity index (χ1n) is 9.20. The van der Waals surface area contributed by atoms with Crippen LogP contribution in [0.2, 0.25) is 0 Å². The van der Waals surface area contributed by atoms with Crippen LogP contribution in [0.1, 0.15) is 18.9 Å². The number of nitrogens with one attached hydrogen (secondary N) is 1. The number of ether oxygens (including phenoxy) is 1. The van der Waals surface area contributed by atoms with Crippen molar-refractivity contribution in [3.63, 3.8) is 0 Å². The maximum atomic E-state index is 12.5. The van der Waals surface area contributed by atoms with E-state index < -0.39 is 0 Å². The Morgan fingerprint density at radius 2 is 2.22 bits per heavy atom. The molecule has 1 aliphatic rings. The number of urea groups is 1. The molecule has 1 unspecified atom stereocenters. The summed E-state index contributed by atoms with van der Waals surface area (Å²) < 4.78 is 5.37. The van der Waals surface area contributed by atoms with Crippen molar-refractivity contribution in [3.8, 4) is 5.75 Å². The Hall–Kier alpha value is -2.83. The quantitative estimate of drug-likeness (QED) is 0.846. The lowest BCUT2D eigenvalue weighted by Crippen LogP contribution is -2.39. The van der Waals surface area contributed by atoms with Crippen molar-refractivity contribution in [1.82, 2.24) is 20.1 Å². The van der Waals surface area contributed by atoms with Crippen molar-refractivity contribution in [2.75, 3.05) is 33.8 Å². The number of fused-ring (bicyclic) bond motifs is 1. The zero-order valence-corrected chi connectivity index (χ0v) is 16.1. The molecule has 1 aliphatic heterocycles. The molecule has 0 radical (unpaired) electrons. The van der Waals surface area contributed by atoms with Crippen LogP contribution >= 0.6 is 0 Å². The summed E-state index contributed by atoms with van der Waals surface area (Å²) in [6.07, 6.45) is 2.24. The van der Waals surface area contributed by atoms with Gasteiger partial charge >= 0.3 is 6.03 Å². The van der Waals surface area contributed by atoms with Gasteiger partial charge < -0.3 is 19.9 Å². The van der Waals surface area contributed by atoms with Gasteiger partial charge in [-0.25, -0.2) is 4.79 Å². The lowest BCUT2D eigenvalue weighted by molar-refractivity contribution is -0.127. The van der Waals surface area contributed by atoms with Gasteiger partial charge in [0, 0.05) is 57.1 Å². The molecule has 27 heavy (non-hydrogen) atoms. The van der Waals surface area contributed by atoms with E-state index in [-0.39, 0.29) is 17.9 Å². The highest BCUT2D eigenvalue weighted by atomic mass is 16.5. The third kappa shape index (κ3) is 4.13. The lowest BCUT2D eigenvalue weighted by atomic mass is 10.1. The molecule has 1 fully saturated rings. The third-order valence-corrected chi connectivity index (χ3v) is 5.02. The Balaban J connectivity index is 1.62. The van der Waals surface area contributed by atoms with Crippen molar-refractivity contribution >= 4 is 22.8 Å². The van der Waals surface area contributed by atoms with E-state index in [1.807, 2.05) is 36.1 Å². The molecule has 1 aromatic heterocycles. The van der Waals surface area contributed by atoms with Gasteiger partial charge in [-0.2, -0.15) is 0 Å². The molecule has 1 saturated heterocycles. The Kier molecular flexibility index (Phi) is 5.78. The predicted octanol–water partition coefficient (Wildman–Crippen LogP) is 2.25. The summed E-state index contributed by atoms with van der Waals surface area (Å²) in [5.74, 6) is 1.07. The third-order valence-electron chi connectivity index (χ3n) is 5.02. The van der Waals surface area contributed by atoms with Crippen LogP contribution in [0.5, 0.6) is 5.75 Å². The molecule has 2 aromatic rings. The van der Waals surface area contributed by atoms with Gasteiger partial charge in [-0.05, 0) is 24.6 Å². The molecule has 2 heterocycles. The number of carbonyl (C=O) groups excluding carboxylic acids is 2. The van der Waals surface area contributed by atoms with Gasteiger partial charge in [-0.15, -0.1) is 0 Å². The number of likely N-dealkylation sites (tertiary alicyclic amines) is 1. The molecule has 1 aromatic carbocycles. The largest absolute Gasteiger partial charge is 0.494 e. The first-order valence-corrected chi connectivity index (χ1v) is 9.20. The van der Waals surface area contributed by atoms with Crippen LogP contribution in [0, 0.1) is 5.92 Å².